The molecular weight excluding hydrogens is 462 g/mol. The summed E-state index contributed by atoms with van der Waals surface area (Å²) in [5, 5.41) is 13.4. The van der Waals surface area contributed by atoms with Crippen molar-refractivity contribution in [3.05, 3.63) is 48.0 Å². The summed E-state index contributed by atoms with van der Waals surface area (Å²) < 4.78 is 16.9. The number of ether oxygens (including phenoxy) is 3. The van der Waals surface area contributed by atoms with Crippen molar-refractivity contribution in [1.82, 2.24) is 15.1 Å². The number of carbonyl (C=O) groups is 2. The van der Waals surface area contributed by atoms with Crippen LogP contribution in [0.1, 0.15) is 31.7 Å². The highest BCUT2D eigenvalue weighted by molar-refractivity contribution is 6.07. The Balaban J connectivity index is 1.21. The third-order valence-corrected chi connectivity index (χ3v) is 7.68. The number of hydrogen-bond donors (Lipinski definition) is 2. The third kappa shape index (κ3) is 4.43. The van der Waals surface area contributed by atoms with Gasteiger partial charge in [-0.3, -0.25) is 14.6 Å². The summed E-state index contributed by atoms with van der Waals surface area (Å²) in [5.41, 5.74) is -0.0640. The normalized spacial score (nSPS) is 24.6. The zero-order valence-corrected chi connectivity index (χ0v) is 20.7. The smallest absolute Gasteiger partial charge is 0.325 e. The summed E-state index contributed by atoms with van der Waals surface area (Å²) in [5.74, 6) is 1.99. The highest BCUT2D eigenvalue weighted by Gasteiger charge is 2.55. The maximum atomic E-state index is 13.7. The molecule has 2 aromatic rings. The molecule has 2 atom stereocenters. The number of methoxy groups -OCH3 is 1. The predicted octanol–water partition coefficient (Wildman–Crippen LogP) is 3.15. The number of aromatic hydroxyl groups is 1. The summed E-state index contributed by atoms with van der Waals surface area (Å²) in [6.45, 7) is 4.56. The summed E-state index contributed by atoms with van der Waals surface area (Å²) in [4.78, 5) is 30.2. The van der Waals surface area contributed by atoms with Gasteiger partial charge in [-0.1, -0.05) is 25.1 Å². The Labute approximate surface area is 210 Å². The Bertz CT molecular complexity index is 1130. The standard InChI is InChI=1S/C27H33N3O6/c1-3-27(19-10-12-29(13-11-19)15-18-8-9-20(34-2)14-22(18)31)25(32)30(26(33)28-27)16-21-17-35-23-6-4-5-7-24(23)36-21/h4-9,14,19,21,31H,3,10-13,15-17H2,1-2H3,(H,28,33)/t21-,27+/m1/s1. The highest BCUT2D eigenvalue weighted by atomic mass is 16.6. The maximum Gasteiger partial charge on any atom is 0.325 e. The van der Waals surface area contributed by atoms with Crippen LogP contribution in [-0.4, -0.2) is 71.8 Å². The van der Waals surface area contributed by atoms with Gasteiger partial charge in [0.1, 0.15) is 23.6 Å². The Morgan fingerprint density at radius 3 is 2.58 bits per heavy atom. The number of likely N-dealkylation sites (tertiary alicyclic amines) is 1. The lowest BCUT2D eigenvalue weighted by atomic mass is 9.75. The molecule has 3 amide bonds. The first-order valence-electron chi connectivity index (χ1n) is 12.5. The summed E-state index contributed by atoms with van der Waals surface area (Å²) >= 11 is 0. The molecule has 0 radical (unpaired) electrons. The minimum Gasteiger partial charge on any atom is -0.507 e. The third-order valence-electron chi connectivity index (χ3n) is 7.68. The van der Waals surface area contributed by atoms with Gasteiger partial charge in [-0.25, -0.2) is 4.79 Å². The van der Waals surface area contributed by atoms with Crippen LogP contribution in [0, 0.1) is 5.92 Å². The van der Waals surface area contributed by atoms with Gasteiger partial charge in [0, 0.05) is 18.2 Å². The lowest BCUT2D eigenvalue weighted by Crippen LogP contribution is -2.56. The van der Waals surface area contributed by atoms with E-state index in [-0.39, 0.29) is 36.8 Å². The monoisotopic (exact) mass is 495 g/mol. The number of carbonyl (C=O) groups excluding carboxylic acids is 2. The number of amides is 3. The first-order chi connectivity index (χ1) is 17.4. The molecule has 9 heteroatoms. The Morgan fingerprint density at radius 1 is 1.14 bits per heavy atom. The van der Waals surface area contributed by atoms with Crippen molar-refractivity contribution in [1.29, 1.82) is 0 Å². The molecule has 36 heavy (non-hydrogen) atoms. The molecule has 0 unspecified atom stereocenters. The topological polar surface area (TPSA) is 101 Å². The zero-order valence-electron chi connectivity index (χ0n) is 20.7. The van der Waals surface area contributed by atoms with E-state index in [0.29, 0.717) is 30.2 Å². The van der Waals surface area contributed by atoms with E-state index in [0.717, 1.165) is 31.5 Å². The van der Waals surface area contributed by atoms with Crippen molar-refractivity contribution in [3.8, 4) is 23.0 Å². The Morgan fingerprint density at radius 2 is 1.89 bits per heavy atom. The number of nitrogens with one attached hydrogen (secondary N) is 1. The van der Waals surface area contributed by atoms with Gasteiger partial charge < -0.3 is 24.6 Å². The van der Waals surface area contributed by atoms with Crippen LogP contribution in [0.25, 0.3) is 0 Å². The number of para-hydroxylation sites is 2. The fraction of sp³-hybridized carbons (Fsp3) is 0.481. The first-order valence-corrected chi connectivity index (χ1v) is 12.5. The van der Waals surface area contributed by atoms with Crippen LogP contribution in [0.5, 0.6) is 23.0 Å². The molecule has 2 saturated heterocycles. The summed E-state index contributed by atoms with van der Waals surface area (Å²) in [6.07, 6.45) is 1.67. The van der Waals surface area contributed by atoms with Gasteiger partial charge in [-0.05, 0) is 56.5 Å². The molecule has 0 aliphatic carbocycles. The van der Waals surface area contributed by atoms with Crippen LogP contribution < -0.4 is 19.5 Å². The number of hydrogen-bond acceptors (Lipinski definition) is 7. The van der Waals surface area contributed by atoms with Gasteiger partial charge in [0.05, 0.1) is 13.7 Å². The fourth-order valence-corrected chi connectivity index (χ4v) is 5.60. The molecule has 2 N–H and O–H groups in total. The second-order valence-corrected chi connectivity index (χ2v) is 9.71. The van der Waals surface area contributed by atoms with Crippen molar-refractivity contribution in [2.45, 2.75) is 44.4 Å². The number of urea groups is 1. The SMILES string of the molecule is CC[C@@]1(C2CCN(Cc3ccc(OC)cc3O)CC2)NC(=O)N(C[C@@H]2COc3ccccc3O2)C1=O. The van der Waals surface area contributed by atoms with Crippen LogP contribution in [0.2, 0.25) is 0 Å². The van der Waals surface area contributed by atoms with E-state index in [4.69, 9.17) is 14.2 Å². The van der Waals surface area contributed by atoms with E-state index >= 15 is 0 Å². The van der Waals surface area contributed by atoms with Gasteiger partial charge in [0.2, 0.25) is 0 Å². The van der Waals surface area contributed by atoms with E-state index in [1.165, 1.54) is 4.90 Å². The van der Waals surface area contributed by atoms with Gasteiger partial charge in [-0.2, -0.15) is 0 Å². The van der Waals surface area contributed by atoms with Crippen LogP contribution in [0.4, 0.5) is 4.79 Å². The van der Waals surface area contributed by atoms with Gasteiger partial charge in [-0.15, -0.1) is 0 Å². The minimum absolute atomic E-state index is 0.0360. The van der Waals surface area contributed by atoms with E-state index in [9.17, 15) is 14.7 Å². The molecule has 5 rings (SSSR count). The van der Waals surface area contributed by atoms with E-state index in [2.05, 4.69) is 10.2 Å². The van der Waals surface area contributed by atoms with Crippen LogP contribution in [0.3, 0.4) is 0 Å². The van der Waals surface area contributed by atoms with E-state index in [1.54, 1.807) is 13.2 Å². The number of imide groups is 1. The van der Waals surface area contributed by atoms with E-state index < -0.39 is 11.6 Å². The molecule has 0 saturated carbocycles. The quantitative estimate of drug-likeness (QED) is 0.569. The number of fused-ring (bicyclic) bond motifs is 1. The van der Waals surface area contributed by atoms with Gasteiger partial charge >= 0.3 is 6.03 Å². The molecule has 0 aromatic heterocycles. The highest BCUT2D eigenvalue weighted by Crippen LogP contribution is 2.38. The number of benzene rings is 2. The Kier molecular flexibility index (Phi) is 6.66. The van der Waals surface area contributed by atoms with Crippen molar-refractivity contribution in [3.63, 3.8) is 0 Å². The number of phenols is 1. The molecule has 2 fully saturated rings. The molecule has 3 aliphatic rings. The average Bonchev–Trinajstić information content (AvgIpc) is 3.15. The van der Waals surface area contributed by atoms with Gasteiger partial charge in [0.25, 0.3) is 5.91 Å². The van der Waals surface area contributed by atoms with Crippen molar-refractivity contribution in [2.75, 3.05) is 33.4 Å². The van der Waals surface area contributed by atoms with Crippen LogP contribution in [0.15, 0.2) is 42.5 Å². The van der Waals surface area contributed by atoms with Crippen molar-refractivity contribution in [2.24, 2.45) is 5.92 Å². The summed E-state index contributed by atoms with van der Waals surface area (Å²) in [7, 11) is 1.57. The molecule has 3 heterocycles. The van der Waals surface area contributed by atoms with E-state index in [1.807, 2.05) is 43.3 Å². The molecule has 3 aliphatic heterocycles. The molecule has 9 nitrogen and oxygen atoms in total. The lowest BCUT2D eigenvalue weighted by Gasteiger charge is -2.40. The van der Waals surface area contributed by atoms with Crippen molar-refractivity contribution < 1.29 is 28.9 Å². The predicted molar refractivity (Wildman–Crippen MR) is 132 cm³/mol. The second kappa shape index (κ2) is 9.89. The lowest BCUT2D eigenvalue weighted by molar-refractivity contribution is -0.135. The van der Waals surface area contributed by atoms with Crippen LogP contribution >= 0.6 is 0 Å². The fourth-order valence-electron chi connectivity index (χ4n) is 5.60. The molecular formula is C27H33N3O6. The van der Waals surface area contributed by atoms with Crippen LogP contribution in [-0.2, 0) is 11.3 Å². The number of rotatable bonds is 7. The number of piperidine rings is 1. The summed E-state index contributed by atoms with van der Waals surface area (Å²) in [6, 6.07) is 12.4. The minimum atomic E-state index is -0.904. The first kappa shape index (κ1) is 24.2. The number of phenolic OH excluding ortho intramolecular Hbond substituents is 1. The zero-order chi connectivity index (χ0) is 25.3. The average molecular weight is 496 g/mol. The maximum absolute atomic E-state index is 13.7. The molecule has 192 valence electrons. The Hall–Kier alpha value is -3.46. The molecule has 0 bridgehead atoms. The van der Waals surface area contributed by atoms with Crippen molar-refractivity contribution >= 4 is 11.9 Å². The van der Waals surface area contributed by atoms with Gasteiger partial charge in [0.15, 0.2) is 17.6 Å². The largest absolute Gasteiger partial charge is 0.507 e. The molecule has 0 spiro atoms. The second-order valence-electron chi connectivity index (χ2n) is 9.71. The number of nitrogens with zero attached hydrogens (tertiary/aromatic N) is 2. The molecule has 2 aromatic carbocycles.